The maximum absolute atomic E-state index is 12.2. The van der Waals surface area contributed by atoms with E-state index < -0.39 is 22.8 Å². The van der Waals surface area contributed by atoms with Crippen LogP contribution in [0.4, 0.5) is 5.69 Å². The Morgan fingerprint density at radius 2 is 1.88 bits per heavy atom. The highest BCUT2D eigenvalue weighted by Crippen LogP contribution is 2.14. The van der Waals surface area contributed by atoms with Gasteiger partial charge in [0.1, 0.15) is 6.04 Å². The highest BCUT2D eigenvalue weighted by molar-refractivity contribution is 9.10. The first-order valence-corrected chi connectivity index (χ1v) is 7.75. The molecule has 1 atom stereocenters. The molecule has 0 saturated heterocycles. The third kappa shape index (κ3) is 4.63. The summed E-state index contributed by atoms with van der Waals surface area (Å²) in [7, 11) is 0. The van der Waals surface area contributed by atoms with Gasteiger partial charge in [-0.25, -0.2) is 0 Å². The zero-order valence-electron chi connectivity index (χ0n) is 12.4. The molecule has 0 fully saturated rings. The number of primary amides is 1. The second kappa shape index (κ2) is 7.69. The molecule has 0 heterocycles. The van der Waals surface area contributed by atoms with Gasteiger partial charge in [-0.15, -0.1) is 0 Å². The molecule has 0 radical (unpaired) electrons. The molecule has 2 amide bonds. The van der Waals surface area contributed by atoms with Gasteiger partial charge < -0.3 is 11.1 Å². The maximum Gasteiger partial charge on any atom is 0.270 e. The second-order valence-corrected chi connectivity index (χ2v) is 5.98. The molecule has 0 aliphatic rings. The zero-order valence-corrected chi connectivity index (χ0v) is 14.0. The van der Waals surface area contributed by atoms with Gasteiger partial charge in [0, 0.05) is 28.6 Å². The molecule has 0 aliphatic carbocycles. The van der Waals surface area contributed by atoms with Crippen LogP contribution in [0.15, 0.2) is 53.0 Å². The molecular weight excluding hydrogens is 378 g/mol. The van der Waals surface area contributed by atoms with Crippen molar-refractivity contribution in [2.24, 2.45) is 5.73 Å². The number of carbonyl (C=O) groups is 2. The van der Waals surface area contributed by atoms with Crippen LogP contribution >= 0.6 is 15.9 Å². The molecule has 2 aromatic rings. The summed E-state index contributed by atoms with van der Waals surface area (Å²) in [6.45, 7) is 0. The molecular formula is C16H14BrN3O4. The van der Waals surface area contributed by atoms with E-state index in [-0.39, 0.29) is 17.7 Å². The fourth-order valence-corrected chi connectivity index (χ4v) is 2.35. The van der Waals surface area contributed by atoms with Crippen molar-refractivity contribution in [3.05, 3.63) is 74.2 Å². The van der Waals surface area contributed by atoms with Gasteiger partial charge in [-0.05, 0) is 23.8 Å². The van der Waals surface area contributed by atoms with Crippen LogP contribution in [0.3, 0.4) is 0 Å². The first kappa shape index (κ1) is 17.6. The minimum atomic E-state index is -0.919. The lowest BCUT2D eigenvalue weighted by Crippen LogP contribution is -2.45. The molecule has 124 valence electrons. The van der Waals surface area contributed by atoms with Crippen LogP contribution in [0, 0.1) is 10.1 Å². The lowest BCUT2D eigenvalue weighted by atomic mass is 10.0. The summed E-state index contributed by atoms with van der Waals surface area (Å²) in [4.78, 5) is 34.0. The monoisotopic (exact) mass is 391 g/mol. The number of non-ortho nitro benzene ring substituents is 1. The van der Waals surface area contributed by atoms with Gasteiger partial charge in [-0.3, -0.25) is 19.7 Å². The molecule has 2 aromatic carbocycles. The Hall–Kier alpha value is -2.74. The molecule has 0 saturated carbocycles. The number of hydrogen-bond acceptors (Lipinski definition) is 4. The number of amides is 2. The molecule has 7 nitrogen and oxygen atoms in total. The normalized spacial score (nSPS) is 11.5. The Kier molecular flexibility index (Phi) is 5.64. The second-order valence-electron chi connectivity index (χ2n) is 5.07. The van der Waals surface area contributed by atoms with Gasteiger partial charge >= 0.3 is 0 Å². The minimum Gasteiger partial charge on any atom is -0.368 e. The van der Waals surface area contributed by atoms with Gasteiger partial charge in [-0.2, -0.15) is 0 Å². The summed E-state index contributed by atoms with van der Waals surface area (Å²) in [5.74, 6) is -1.28. The molecule has 0 spiro atoms. The van der Waals surface area contributed by atoms with Crippen LogP contribution < -0.4 is 11.1 Å². The fraction of sp³-hybridized carbons (Fsp3) is 0.125. The van der Waals surface area contributed by atoms with Crippen LogP contribution in [0.2, 0.25) is 0 Å². The van der Waals surface area contributed by atoms with E-state index in [4.69, 9.17) is 5.73 Å². The van der Waals surface area contributed by atoms with E-state index in [1.165, 1.54) is 18.2 Å². The predicted octanol–water partition coefficient (Wildman–Crippen LogP) is 2.18. The van der Waals surface area contributed by atoms with Gasteiger partial charge in [-0.1, -0.05) is 34.1 Å². The SMILES string of the molecule is NC(=O)[C@@H](Cc1ccc(Br)cc1)NC(=O)c1cccc([N+](=O)[O-])c1. The average molecular weight is 392 g/mol. The first-order chi connectivity index (χ1) is 11.4. The summed E-state index contributed by atoms with van der Waals surface area (Å²) in [6.07, 6.45) is 0.225. The topological polar surface area (TPSA) is 115 Å². The van der Waals surface area contributed by atoms with E-state index >= 15 is 0 Å². The summed E-state index contributed by atoms with van der Waals surface area (Å²) >= 11 is 3.31. The standard InChI is InChI=1S/C16H14BrN3O4/c17-12-6-4-10(5-7-12)8-14(15(18)21)19-16(22)11-2-1-3-13(9-11)20(23)24/h1-7,9,14H,8H2,(H2,18,21)(H,19,22)/t14-/m1/s1. The summed E-state index contributed by atoms with van der Waals surface area (Å²) in [5.41, 5.74) is 6.06. The number of nitrogens with one attached hydrogen (secondary N) is 1. The van der Waals surface area contributed by atoms with Gasteiger partial charge in [0.25, 0.3) is 11.6 Å². The van der Waals surface area contributed by atoms with Crippen LogP contribution in [0.5, 0.6) is 0 Å². The third-order valence-corrected chi connectivity index (χ3v) is 3.85. The van der Waals surface area contributed by atoms with Crippen LogP contribution in [-0.4, -0.2) is 22.8 Å². The Labute approximate surface area is 146 Å². The lowest BCUT2D eigenvalue weighted by molar-refractivity contribution is -0.384. The maximum atomic E-state index is 12.2. The van der Waals surface area contributed by atoms with Crippen molar-refractivity contribution in [1.82, 2.24) is 5.32 Å². The van der Waals surface area contributed by atoms with Crippen LogP contribution in [-0.2, 0) is 11.2 Å². The number of nitro groups is 1. The number of rotatable bonds is 6. The summed E-state index contributed by atoms with van der Waals surface area (Å²) in [5, 5.41) is 13.3. The van der Waals surface area contributed by atoms with Crippen molar-refractivity contribution in [1.29, 1.82) is 0 Å². The number of benzene rings is 2. The number of carbonyl (C=O) groups excluding carboxylic acids is 2. The number of hydrogen-bond donors (Lipinski definition) is 2. The molecule has 24 heavy (non-hydrogen) atoms. The van der Waals surface area contributed by atoms with Crippen LogP contribution in [0.1, 0.15) is 15.9 Å². The largest absolute Gasteiger partial charge is 0.368 e. The number of halogens is 1. The Morgan fingerprint density at radius 1 is 1.21 bits per heavy atom. The highest BCUT2D eigenvalue weighted by atomic mass is 79.9. The van der Waals surface area contributed by atoms with Crippen molar-refractivity contribution in [3.63, 3.8) is 0 Å². The van der Waals surface area contributed by atoms with Crippen molar-refractivity contribution in [2.45, 2.75) is 12.5 Å². The fourth-order valence-electron chi connectivity index (χ4n) is 2.08. The number of nitrogens with zero attached hydrogens (tertiary/aromatic N) is 1. The number of nitrogens with two attached hydrogens (primary N) is 1. The van der Waals surface area contributed by atoms with E-state index in [1.54, 1.807) is 12.1 Å². The van der Waals surface area contributed by atoms with Crippen molar-refractivity contribution < 1.29 is 14.5 Å². The van der Waals surface area contributed by atoms with Crippen molar-refractivity contribution >= 4 is 33.4 Å². The van der Waals surface area contributed by atoms with Crippen molar-refractivity contribution in [3.8, 4) is 0 Å². The molecule has 0 unspecified atom stereocenters. The van der Waals surface area contributed by atoms with E-state index in [0.29, 0.717) is 0 Å². The molecule has 0 bridgehead atoms. The first-order valence-electron chi connectivity index (χ1n) is 6.96. The van der Waals surface area contributed by atoms with Crippen LogP contribution in [0.25, 0.3) is 0 Å². The van der Waals surface area contributed by atoms with Gasteiger partial charge in [0.2, 0.25) is 5.91 Å². The van der Waals surface area contributed by atoms with Gasteiger partial charge in [0.15, 0.2) is 0 Å². The van der Waals surface area contributed by atoms with E-state index in [0.717, 1.165) is 16.1 Å². The zero-order chi connectivity index (χ0) is 17.7. The molecule has 0 aliphatic heterocycles. The third-order valence-electron chi connectivity index (χ3n) is 3.32. The summed E-state index contributed by atoms with van der Waals surface area (Å²) in [6, 6.07) is 11.6. The summed E-state index contributed by atoms with van der Waals surface area (Å²) < 4.78 is 0.891. The quantitative estimate of drug-likeness (QED) is 0.579. The highest BCUT2D eigenvalue weighted by Gasteiger charge is 2.20. The molecule has 0 aromatic heterocycles. The van der Waals surface area contributed by atoms with Crippen molar-refractivity contribution in [2.75, 3.05) is 0 Å². The van der Waals surface area contributed by atoms with E-state index in [1.807, 2.05) is 12.1 Å². The Morgan fingerprint density at radius 3 is 2.46 bits per heavy atom. The minimum absolute atomic E-state index is 0.0891. The number of nitro benzene ring substituents is 1. The molecule has 2 rings (SSSR count). The smallest absolute Gasteiger partial charge is 0.270 e. The van der Waals surface area contributed by atoms with Gasteiger partial charge in [0.05, 0.1) is 4.92 Å². The van der Waals surface area contributed by atoms with E-state index in [9.17, 15) is 19.7 Å². The lowest BCUT2D eigenvalue weighted by Gasteiger charge is -2.15. The average Bonchev–Trinajstić information content (AvgIpc) is 2.56. The van der Waals surface area contributed by atoms with E-state index in [2.05, 4.69) is 21.2 Å². The Balaban J connectivity index is 2.13. The predicted molar refractivity (Wildman–Crippen MR) is 91.4 cm³/mol. The Bertz CT molecular complexity index is 777. The molecule has 3 N–H and O–H groups in total. The molecule has 8 heteroatoms.